The molecule has 2 N–H and O–H groups in total. The molecule has 1 aromatic heterocycles. The number of nitrogens with one attached hydrogen (secondary N) is 2. The summed E-state index contributed by atoms with van der Waals surface area (Å²) in [5.41, 5.74) is 1.91. The molecule has 0 aliphatic carbocycles. The van der Waals surface area contributed by atoms with E-state index in [-0.39, 0.29) is 41.2 Å². The lowest BCUT2D eigenvalue weighted by atomic mass is 9.93. The average Bonchev–Trinajstić information content (AvgIpc) is 3.50. The summed E-state index contributed by atoms with van der Waals surface area (Å²) < 4.78 is 20.4. The van der Waals surface area contributed by atoms with Crippen LogP contribution in [0.25, 0.3) is 10.8 Å². The number of ether oxygens (including phenoxy) is 1. The number of hydrogen-bond donors (Lipinski definition) is 2. The van der Waals surface area contributed by atoms with E-state index < -0.39 is 11.4 Å². The van der Waals surface area contributed by atoms with Gasteiger partial charge in [0.15, 0.2) is 0 Å². The van der Waals surface area contributed by atoms with Crippen LogP contribution in [0.1, 0.15) is 34.6 Å². The number of rotatable bonds is 4. The van der Waals surface area contributed by atoms with Crippen molar-refractivity contribution < 1.29 is 18.7 Å². The molecule has 0 radical (unpaired) electrons. The van der Waals surface area contributed by atoms with Crippen molar-refractivity contribution in [2.45, 2.75) is 19.4 Å². The lowest BCUT2D eigenvalue weighted by molar-refractivity contribution is -0.131. The van der Waals surface area contributed by atoms with Crippen molar-refractivity contribution in [3.8, 4) is 0 Å². The number of nitrogens with zero attached hydrogens (tertiary/aromatic N) is 2. The monoisotopic (exact) mass is 538 g/mol. The van der Waals surface area contributed by atoms with Gasteiger partial charge in [-0.05, 0) is 60.2 Å². The maximum Gasteiger partial charge on any atom is 0.270 e. The predicted octanol–water partition coefficient (Wildman–Crippen LogP) is 3.60. The highest BCUT2D eigenvalue weighted by Gasteiger charge is 2.39. The second-order valence-electron chi connectivity index (χ2n) is 10.4. The zero-order valence-corrected chi connectivity index (χ0v) is 21.7. The molecule has 2 amide bonds. The molecule has 8 nitrogen and oxygen atoms in total. The first-order valence-corrected chi connectivity index (χ1v) is 13.2. The summed E-state index contributed by atoms with van der Waals surface area (Å²) in [6.45, 7) is 4.87. The fourth-order valence-electron chi connectivity index (χ4n) is 5.98. The van der Waals surface area contributed by atoms with E-state index in [1.807, 2.05) is 25.1 Å². The molecule has 198 valence electrons. The number of pyridine rings is 1. The number of carbonyl (C=O) groups is 2. The molecular weight excluding hydrogens is 511 g/mol. The Morgan fingerprint density at radius 3 is 2.68 bits per heavy atom. The van der Waals surface area contributed by atoms with Crippen LogP contribution in [0.15, 0.2) is 41.2 Å². The van der Waals surface area contributed by atoms with Crippen LogP contribution in [0, 0.1) is 17.7 Å². The van der Waals surface area contributed by atoms with E-state index in [0.717, 1.165) is 17.2 Å². The highest BCUT2D eigenvalue weighted by molar-refractivity contribution is 6.30. The molecule has 6 rings (SSSR count). The molecule has 3 aromatic rings. The number of H-pyrrole nitrogens is 1. The summed E-state index contributed by atoms with van der Waals surface area (Å²) in [7, 11) is 0. The van der Waals surface area contributed by atoms with Crippen molar-refractivity contribution in [3.63, 3.8) is 0 Å². The highest BCUT2D eigenvalue weighted by atomic mass is 35.5. The third-order valence-electron chi connectivity index (χ3n) is 8.08. The van der Waals surface area contributed by atoms with E-state index in [2.05, 4.69) is 10.3 Å². The Kier molecular flexibility index (Phi) is 6.36. The van der Waals surface area contributed by atoms with E-state index in [9.17, 15) is 18.8 Å². The van der Waals surface area contributed by atoms with E-state index in [1.54, 1.807) is 15.9 Å². The van der Waals surface area contributed by atoms with Gasteiger partial charge >= 0.3 is 0 Å². The second-order valence-corrected chi connectivity index (χ2v) is 10.8. The number of hydrogen-bond acceptors (Lipinski definition) is 5. The fraction of sp³-hybridized carbons (Fsp3) is 0.393. The van der Waals surface area contributed by atoms with Crippen LogP contribution in [0.5, 0.6) is 0 Å². The number of amides is 2. The van der Waals surface area contributed by atoms with E-state index >= 15 is 0 Å². The Morgan fingerprint density at radius 2 is 1.92 bits per heavy atom. The maximum absolute atomic E-state index is 14.9. The molecule has 2 saturated heterocycles. The molecule has 3 aliphatic rings. The highest BCUT2D eigenvalue weighted by Crippen LogP contribution is 2.32. The molecule has 3 atom stereocenters. The van der Waals surface area contributed by atoms with Crippen LogP contribution in [-0.2, 0) is 16.0 Å². The molecule has 0 spiro atoms. The summed E-state index contributed by atoms with van der Waals surface area (Å²) >= 11 is 6.11. The molecule has 3 aliphatic heterocycles. The standard InChI is InChI=1S/C28H28ClFN4O4/c1-15-21-3-2-20(29)6-16(21)4-5-34(15)26(35)10-31-24-7-17-8-25(32-27(36)22(17)9-23(24)30)28(37)33-11-18-13-38-14-19(18)12-33/h2-3,6-9,15,18-19,31H,4-5,10-14H2,1H3,(H,32,36)/t15-,18?,19?/m0/s1. The third kappa shape index (κ3) is 4.43. The van der Waals surface area contributed by atoms with Gasteiger partial charge in [0.2, 0.25) is 5.91 Å². The van der Waals surface area contributed by atoms with E-state index in [0.29, 0.717) is 61.5 Å². The van der Waals surface area contributed by atoms with Crippen LogP contribution in [-0.4, -0.2) is 66.0 Å². The van der Waals surface area contributed by atoms with Gasteiger partial charge in [0, 0.05) is 36.5 Å². The van der Waals surface area contributed by atoms with Crippen LogP contribution < -0.4 is 10.9 Å². The number of carbonyl (C=O) groups excluding carboxylic acids is 2. The molecule has 2 fully saturated rings. The van der Waals surface area contributed by atoms with Gasteiger partial charge in [-0.2, -0.15) is 0 Å². The first-order chi connectivity index (χ1) is 18.3. The van der Waals surface area contributed by atoms with E-state index in [1.165, 1.54) is 6.07 Å². The first kappa shape index (κ1) is 24.9. The molecule has 4 heterocycles. The smallest absolute Gasteiger partial charge is 0.270 e. The number of halogens is 2. The van der Waals surface area contributed by atoms with Gasteiger partial charge in [-0.25, -0.2) is 4.39 Å². The molecular formula is C28H28ClFN4O4. The van der Waals surface area contributed by atoms with Gasteiger partial charge in [-0.1, -0.05) is 17.7 Å². The number of fused-ring (bicyclic) bond motifs is 3. The average molecular weight is 539 g/mol. The lowest BCUT2D eigenvalue weighted by Gasteiger charge is -2.35. The van der Waals surface area contributed by atoms with Crippen LogP contribution in [0.3, 0.4) is 0 Å². The van der Waals surface area contributed by atoms with Crippen LogP contribution >= 0.6 is 11.6 Å². The lowest BCUT2D eigenvalue weighted by Crippen LogP contribution is -2.41. The minimum absolute atomic E-state index is 0.0968. The number of anilines is 1. The molecule has 2 unspecified atom stereocenters. The predicted molar refractivity (Wildman–Crippen MR) is 142 cm³/mol. The van der Waals surface area contributed by atoms with Crippen molar-refractivity contribution >= 4 is 39.9 Å². The topological polar surface area (TPSA) is 94.7 Å². The maximum atomic E-state index is 14.9. The van der Waals surface area contributed by atoms with Gasteiger partial charge in [0.05, 0.1) is 36.9 Å². The Morgan fingerprint density at radius 1 is 1.16 bits per heavy atom. The second kappa shape index (κ2) is 9.71. The summed E-state index contributed by atoms with van der Waals surface area (Å²) in [6, 6.07) is 9.75. The van der Waals surface area contributed by atoms with Crippen molar-refractivity contribution in [3.05, 3.63) is 74.4 Å². The largest absolute Gasteiger partial charge is 0.381 e. The van der Waals surface area contributed by atoms with Crippen LogP contribution in [0.4, 0.5) is 10.1 Å². The summed E-state index contributed by atoms with van der Waals surface area (Å²) in [4.78, 5) is 45.0. The quantitative estimate of drug-likeness (QED) is 0.529. The van der Waals surface area contributed by atoms with E-state index in [4.69, 9.17) is 16.3 Å². The molecule has 38 heavy (non-hydrogen) atoms. The van der Waals surface area contributed by atoms with Crippen molar-refractivity contribution in [1.29, 1.82) is 0 Å². The van der Waals surface area contributed by atoms with Gasteiger partial charge in [0.1, 0.15) is 11.5 Å². The van der Waals surface area contributed by atoms with Gasteiger partial charge < -0.3 is 24.8 Å². The van der Waals surface area contributed by atoms with Crippen molar-refractivity contribution in [2.75, 3.05) is 44.7 Å². The number of likely N-dealkylation sites (tertiary alicyclic amines) is 1. The molecule has 2 aromatic carbocycles. The SMILES string of the molecule is C[C@H]1c2ccc(Cl)cc2CCN1C(=O)CNc1cc2cc(C(=O)N3CC4COCC4C3)[nH]c(=O)c2cc1F. The number of aromatic amines is 1. The van der Waals surface area contributed by atoms with Crippen molar-refractivity contribution in [2.24, 2.45) is 11.8 Å². The molecule has 0 bridgehead atoms. The third-order valence-corrected chi connectivity index (χ3v) is 8.32. The van der Waals surface area contributed by atoms with Crippen molar-refractivity contribution in [1.82, 2.24) is 14.8 Å². The minimum Gasteiger partial charge on any atom is -0.381 e. The normalized spacial score (nSPS) is 22.4. The Balaban J connectivity index is 1.19. The summed E-state index contributed by atoms with van der Waals surface area (Å²) in [5, 5.41) is 4.13. The van der Waals surface area contributed by atoms with Gasteiger partial charge in [0.25, 0.3) is 11.5 Å². The number of aromatic nitrogens is 1. The Hall–Kier alpha value is -3.43. The summed E-state index contributed by atoms with van der Waals surface area (Å²) in [6.07, 6.45) is 0.696. The first-order valence-electron chi connectivity index (χ1n) is 12.8. The fourth-order valence-corrected chi connectivity index (χ4v) is 6.17. The van der Waals surface area contributed by atoms with Gasteiger partial charge in [-0.3, -0.25) is 14.4 Å². The Labute approximate surface area is 223 Å². The minimum atomic E-state index is -0.645. The Bertz CT molecular complexity index is 1500. The van der Waals surface area contributed by atoms with Crippen LogP contribution in [0.2, 0.25) is 5.02 Å². The van der Waals surface area contributed by atoms with Gasteiger partial charge in [-0.15, -0.1) is 0 Å². The molecule has 0 saturated carbocycles. The zero-order valence-electron chi connectivity index (χ0n) is 20.9. The molecule has 10 heteroatoms. The zero-order chi connectivity index (χ0) is 26.6. The summed E-state index contributed by atoms with van der Waals surface area (Å²) in [5.74, 6) is -0.421. The number of benzene rings is 2.